The lowest BCUT2D eigenvalue weighted by molar-refractivity contribution is -0.123. The molecule has 0 aromatic heterocycles. The van der Waals surface area contributed by atoms with Gasteiger partial charge in [0.05, 0.1) is 31.8 Å². The van der Waals surface area contributed by atoms with E-state index in [1.54, 1.807) is 6.92 Å². The number of amides is 1. The van der Waals surface area contributed by atoms with Gasteiger partial charge in [0.2, 0.25) is 5.91 Å². The van der Waals surface area contributed by atoms with E-state index in [0.29, 0.717) is 6.61 Å². The average molecular weight is 281 g/mol. The maximum Gasteiger partial charge on any atom is 0.224 e. The number of hydrogen-bond acceptors (Lipinski definition) is 4. The molecule has 0 atom stereocenters. The molecule has 5 nitrogen and oxygen atoms in total. The van der Waals surface area contributed by atoms with Crippen LogP contribution in [0.5, 0.6) is 5.75 Å². The Balaban J connectivity index is 2.54. The third kappa shape index (κ3) is 5.19. The summed E-state index contributed by atoms with van der Waals surface area (Å²) in [5.41, 5.74) is -0.133. The predicted molar refractivity (Wildman–Crippen MR) is 76.7 cm³/mol. The zero-order valence-corrected chi connectivity index (χ0v) is 12.1. The molecule has 1 rings (SSSR count). The van der Waals surface area contributed by atoms with Crippen molar-refractivity contribution in [2.45, 2.75) is 32.2 Å². The Morgan fingerprint density at radius 2 is 1.85 bits per heavy atom. The Bertz CT molecular complexity index is 412. The molecule has 0 spiro atoms. The minimum atomic E-state index is -0.985. The summed E-state index contributed by atoms with van der Waals surface area (Å²) in [6.45, 7) is 3.69. The van der Waals surface area contributed by atoms with Crippen molar-refractivity contribution in [3.05, 3.63) is 29.8 Å². The molecule has 0 saturated carbocycles. The van der Waals surface area contributed by atoms with E-state index < -0.39 is 5.54 Å². The standard InChI is InChI=1S/C15H23NO4/c1-3-8-20-13-6-4-12(5-7-13)9-14(19)16-15(2,10-17)11-18/h4-7,17-18H,3,8-11H2,1-2H3,(H,16,19). The van der Waals surface area contributed by atoms with Gasteiger partial charge in [0.25, 0.3) is 0 Å². The van der Waals surface area contributed by atoms with Gasteiger partial charge >= 0.3 is 0 Å². The fourth-order valence-corrected chi connectivity index (χ4v) is 1.62. The lowest BCUT2D eigenvalue weighted by atomic mass is 10.0. The first-order valence-corrected chi connectivity index (χ1v) is 6.77. The molecule has 3 N–H and O–H groups in total. The molecule has 5 heteroatoms. The molecule has 0 unspecified atom stereocenters. The van der Waals surface area contributed by atoms with Crippen molar-refractivity contribution < 1.29 is 19.7 Å². The van der Waals surface area contributed by atoms with Crippen LogP contribution in [0.2, 0.25) is 0 Å². The molecule has 0 aliphatic carbocycles. The van der Waals surface area contributed by atoms with Crippen molar-refractivity contribution in [1.29, 1.82) is 0 Å². The average Bonchev–Trinajstić information content (AvgIpc) is 2.46. The van der Waals surface area contributed by atoms with Crippen molar-refractivity contribution in [2.75, 3.05) is 19.8 Å². The predicted octanol–water partition coefficient (Wildman–Crippen LogP) is 0.877. The number of rotatable bonds is 8. The van der Waals surface area contributed by atoms with Crippen LogP contribution < -0.4 is 10.1 Å². The van der Waals surface area contributed by atoms with Crippen molar-refractivity contribution in [2.24, 2.45) is 0 Å². The molecule has 0 aliphatic heterocycles. The van der Waals surface area contributed by atoms with E-state index >= 15 is 0 Å². The SMILES string of the molecule is CCCOc1ccc(CC(=O)NC(C)(CO)CO)cc1. The second-order valence-corrected chi connectivity index (χ2v) is 5.09. The summed E-state index contributed by atoms with van der Waals surface area (Å²) in [5.74, 6) is 0.546. The molecule has 1 aromatic rings. The number of nitrogens with one attached hydrogen (secondary N) is 1. The van der Waals surface area contributed by atoms with Crippen LogP contribution >= 0.6 is 0 Å². The number of carbonyl (C=O) groups excluding carboxylic acids is 1. The Hall–Kier alpha value is -1.59. The smallest absolute Gasteiger partial charge is 0.224 e. The van der Waals surface area contributed by atoms with Crippen LogP contribution in [0, 0.1) is 0 Å². The number of carbonyl (C=O) groups is 1. The van der Waals surface area contributed by atoms with E-state index in [1.165, 1.54) is 0 Å². The monoisotopic (exact) mass is 281 g/mol. The zero-order chi connectivity index (χ0) is 15.0. The van der Waals surface area contributed by atoms with Gasteiger partial charge < -0.3 is 20.3 Å². The Morgan fingerprint density at radius 3 is 2.35 bits per heavy atom. The zero-order valence-electron chi connectivity index (χ0n) is 12.1. The fraction of sp³-hybridized carbons (Fsp3) is 0.533. The minimum Gasteiger partial charge on any atom is -0.494 e. The van der Waals surface area contributed by atoms with Gasteiger partial charge in [-0.05, 0) is 31.0 Å². The van der Waals surface area contributed by atoms with Crippen LogP contribution in [0.25, 0.3) is 0 Å². The van der Waals surface area contributed by atoms with Crippen LogP contribution in [0.4, 0.5) is 0 Å². The molecule has 0 fully saturated rings. The van der Waals surface area contributed by atoms with Gasteiger partial charge in [-0.15, -0.1) is 0 Å². The molecule has 0 bridgehead atoms. The number of benzene rings is 1. The summed E-state index contributed by atoms with van der Waals surface area (Å²) >= 11 is 0. The van der Waals surface area contributed by atoms with Crippen molar-refractivity contribution in [3.63, 3.8) is 0 Å². The molecule has 0 aliphatic rings. The van der Waals surface area contributed by atoms with E-state index in [-0.39, 0.29) is 25.5 Å². The van der Waals surface area contributed by atoms with Gasteiger partial charge in [0, 0.05) is 0 Å². The Morgan fingerprint density at radius 1 is 1.25 bits per heavy atom. The molecule has 20 heavy (non-hydrogen) atoms. The van der Waals surface area contributed by atoms with Gasteiger partial charge in [0.15, 0.2) is 0 Å². The van der Waals surface area contributed by atoms with Crippen molar-refractivity contribution in [1.82, 2.24) is 5.32 Å². The maximum absolute atomic E-state index is 11.8. The molecule has 0 heterocycles. The van der Waals surface area contributed by atoms with E-state index in [1.807, 2.05) is 31.2 Å². The Kier molecular flexibility index (Phi) is 6.48. The summed E-state index contributed by atoms with van der Waals surface area (Å²) in [4.78, 5) is 11.8. The van der Waals surface area contributed by atoms with Crippen LogP contribution in [-0.4, -0.2) is 41.5 Å². The summed E-state index contributed by atoms with van der Waals surface area (Å²) < 4.78 is 5.46. The Labute approximate surface area is 119 Å². The van der Waals surface area contributed by atoms with E-state index in [9.17, 15) is 4.79 Å². The summed E-state index contributed by atoms with van der Waals surface area (Å²) in [6, 6.07) is 7.32. The first kappa shape index (κ1) is 16.5. The number of aliphatic hydroxyl groups is 2. The minimum absolute atomic E-state index is 0.198. The first-order chi connectivity index (χ1) is 9.53. The summed E-state index contributed by atoms with van der Waals surface area (Å²) in [6.07, 6.45) is 1.15. The first-order valence-electron chi connectivity index (χ1n) is 6.77. The summed E-state index contributed by atoms with van der Waals surface area (Å²) in [5, 5.41) is 20.9. The highest BCUT2D eigenvalue weighted by molar-refractivity contribution is 5.79. The highest BCUT2D eigenvalue weighted by Crippen LogP contribution is 2.13. The van der Waals surface area contributed by atoms with E-state index in [4.69, 9.17) is 14.9 Å². The van der Waals surface area contributed by atoms with Crippen LogP contribution in [0.15, 0.2) is 24.3 Å². The molecule has 112 valence electrons. The molecule has 1 amide bonds. The second-order valence-electron chi connectivity index (χ2n) is 5.09. The van der Waals surface area contributed by atoms with Crippen LogP contribution in [0.1, 0.15) is 25.8 Å². The third-order valence-electron chi connectivity index (χ3n) is 2.90. The van der Waals surface area contributed by atoms with E-state index in [2.05, 4.69) is 5.32 Å². The molecule has 0 saturated heterocycles. The molecule has 1 aromatic carbocycles. The lowest BCUT2D eigenvalue weighted by Crippen LogP contribution is -2.52. The van der Waals surface area contributed by atoms with Gasteiger partial charge in [-0.25, -0.2) is 0 Å². The van der Waals surface area contributed by atoms with Crippen LogP contribution in [-0.2, 0) is 11.2 Å². The van der Waals surface area contributed by atoms with Gasteiger partial charge in [0.1, 0.15) is 5.75 Å². The van der Waals surface area contributed by atoms with Crippen molar-refractivity contribution in [3.8, 4) is 5.75 Å². The number of ether oxygens (including phenoxy) is 1. The highest BCUT2D eigenvalue weighted by Gasteiger charge is 2.24. The molecule has 0 radical (unpaired) electrons. The fourth-order valence-electron chi connectivity index (χ4n) is 1.62. The maximum atomic E-state index is 11.8. The topological polar surface area (TPSA) is 78.8 Å². The van der Waals surface area contributed by atoms with Gasteiger partial charge in [-0.3, -0.25) is 4.79 Å². The summed E-state index contributed by atoms with van der Waals surface area (Å²) in [7, 11) is 0. The van der Waals surface area contributed by atoms with E-state index in [0.717, 1.165) is 17.7 Å². The largest absolute Gasteiger partial charge is 0.494 e. The van der Waals surface area contributed by atoms with Crippen LogP contribution in [0.3, 0.4) is 0 Å². The van der Waals surface area contributed by atoms with Gasteiger partial charge in [-0.2, -0.15) is 0 Å². The number of aliphatic hydroxyl groups excluding tert-OH is 2. The lowest BCUT2D eigenvalue weighted by Gasteiger charge is -2.26. The van der Waals surface area contributed by atoms with Crippen molar-refractivity contribution >= 4 is 5.91 Å². The second kappa shape index (κ2) is 7.87. The molecular formula is C15H23NO4. The number of hydrogen-bond donors (Lipinski definition) is 3. The normalized spacial score (nSPS) is 11.2. The highest BCUT2D eigenvalue weighted by atomic mass is 16.5. The quantitative estimate of drug-likeness (QED) is 0.661. The third-order valence-corrected chi connectivity index (χ3v) is 2.90. The molecular weight excluding hydrogens is 258 g/mol. The van der Waals surface area contributed by atoms with Gasteiger partial charge in [-0.1, -0.05) is 19.1 Å².